The van der Waals surface area contributed by atoms with Crippen LogP contribution in [-0.4, -0.2) is 52.3 Å². The first-order chi connectivity index (χ1) is 9.52. The summed E-state index contributed by atoms with van der Waals surface area (Å²) >= 11 is 0. The van der Waals surface area contributed by atoms with Crippen LogP contribution in [0.5, 0.6) is 0 Å². The molecular weight excluding hydrogens is 262 g/mol. The lowest BCUT2D eigenvalue weighted by atomic mass is 9.91. The molecule has 3 aliphatic rings. The van der Waals surface area contributed by atoms with Gasteiger partial charge in [0.1, 0.15) is 18.4 Å². The molecule has 3 rings (SSSR count). The van der Waals surface area contributed by atoms with Crippen molar-refractivity contribution in [1.29, 1.82) is 0 Å². The Bertz CT molecular complexity index is 424. The first-order valence-corrected chi connectivity index (χ1v) is 7.23. The summed E-state index contributed by atoms with van der Waals surface area (Å²) in [6.07, 6.45) is 2.80. The van der Waals surface area contributed by atoms with Crippen molar-refractivity contribution in [3.05, 3.63) is 0 Å². The number of hydrogen-bond donors (Lipinski definition) is 3. The molecule has 20 heavy (non-hydrogen) atoms. The molecule has 7 heteroatoms. The minimum atomic E-state index is -1.36. The quantitative estimate of drug-likeness (QED) is 0.554. The molecule has 2 saturated heterocycles. The standard InChI is InChI=1S/C13H21N3O4/c14-11(18)7-8(10-12(15)20-10)16(13(19)9(7)17)6-4-2-1-3-5-6/h6-10,12,17H,1-5,15H2,(H2,14,18). The number of likely N-dealkylation sites (tertiary alicyclic amines) is 1. The van der Waals surface area contributed by atoms with Gasteiger partial charge in [-0.3, -0.25) is 9.59 Å². The van der Waals surface area contributed by atoms with Crippen LogP contribution in [0, 0.1) is 5.92 Å². The van der Waals surface area contributed by atoms with Gasteiger partial charge >= 0.3 is 0 Å². The Labute approximate surface area is 117 Å². The second-order valence-corrected chi connectivity index (χ2v) is 5.97. The van der Waals surface area contributed by atoms with Gasteiger partial charge in [-0.2, -0.15) is 0 Å². The Kier molecular flexibility index (Phi) is 3.43. The average molecular weight is 283 g/mol. The minimum Gasteiger partial charge on any atom is -0.382 e. The van der Waals surface area contributed by atoms with Gasteiger partial charge in [-0.15, -0.1) is 0 Å². The first kappa shape index (κ1) is 13.8. The largest absolute Gasteiger partial charge is 0.382 e. The third-order valence-electron chi connectivity index (χ3n) is 4.73. The van der Waals surface area contributed by atoms with Gasteiger partial charge in [-0.05, 0) is 12.8 Å². The molecule has 5 atom stereocenters. The zero-order valence-electron chi connectivity index (χ0n) is 11.3. The molecule has 2 heterocycles. The third kappa shape index (κ3) is 2.10. The lowest BCUT2D eigenvalue weighted by Crippen LogP contribution is -2.49. The van der Waals surface area contributed by atoms with Gasteiger partial charge in [0.2, 0.25) is 5.91 Å². The summed E-state index contributed by atoms with van der Waals surface area (Å²) in [5.41, 5.74) is 11.1. The van der Waals surface area contributed by atoms with Crippen molar-refractivity contribution in [3.8, 4) is 0 Å². The smallest absolute Gasteiger partial charge is 0.252 e. The van der Waals surface area contributed by atoms with Gasteiger partial charge in [0, 0.05) is 6.04 Å². The molecule has 0 spiro atoms. The molecule has 1 saturated carbocycles. The lowest BCUT2D eigenvalue weighted by Gasteiger charge is -2.35. The highest BCUT2D eigenvalue weighted by Gasteiger charge is 2.60. The van der Waals surface area contributed by atoms with Crippen LogP contribution in [0.2, 0.25) is 0 Å². The monoisotopic (exact) mass is 283 g/mol. The number of nitrogens with zero attached hydrogens (tertiary/aromatic N) is 1. The summed E-state index contributed by atoms with van der Waals surface area (Å²) in [5, 5.41) is 10.1. The summed E-state index contributed by atoms with van der Waals surface area (Å²) in [5.74, 6) is -2.01. The van der Waals surface area contributed by atoms with Gasteiger partial charge in [0.05, 0.1) is 12.0 Å². The predicted molar refractivity (Wildman–Crippen MR) is 69.0 cm³/mol. The lowest BCUT2D eigenvalue weighted by molar-refractivity contribution is -0.139. The topological polar surface area (TPSA) is 122 Å². The van der Waals surface area contributed by atoms with Gasteiger partial charge in [0.15, 0.2) is 0 Å². The van der Waals surface area contributed by atoms with E-state index in [1.807, 2.05) is 0 Å². The average Bonchev–Trinajstić information content (AvgIpc) is 3.08. The number of primary amides is 1. The molecule has 3 fully saturated rings. The van der Waals surface area contributed by atoms with Crippen LogP contribution in [0.4, 0.5) is 0 Å². The van der Waals surface area contributed by atoms with E-state index in [0.717, 1.165) is 32.1 Å². The van der Waals surface area contributed by atoms with Crippen LogP contribution in [0.3, 0.4) is 0 Å². The zero-order valence-corrected chi connectivity index (χ0v) is 11.3. The molecule has 7 nitrogen and oxygen atoms in total. The highest BCUT2D eigenvalue weighted by Crippen LogP contribution is 2.40. The normalized spacial score (nSPS) is 42.0. The number of amides is 2. The van der Waals surface area contributed by atoms with E-state index in [1.165, 1.54) is 0 Å². The van der Waals surface area contributed by atoms with Crippen LogP contribution in [0.1, 0.15) is 32.1 Å². The summed E-state index contributed by atoms with van der Waals surface area (Å²) in [6.45, 7) is 0. The third-order valence-corrected chi connectivity index (χ3v) is 4.73. The number of aliphatic hydroxyl groups excluding tert-OH is 1. The Balaban J connectivity index is 1.88. The summed E-state index contributed by atoms with van der Waals surface area (Å²) < 4.78 is 5.26. The molecular formula is C13H21N3O4. The van der Waals surface area contributed by atoms with E-state index in [1.54, 1.807) is 4.90 Å². The number of ether oxygens (including phenoxy) is 1. The number of rotatable bonds is 3. The van der Waals surface area contributed by atoms with Crippen LogP contribution < -0.4 is 11.5 Å². The minimum absolute atomic E-state index is 0.0525. The fraction of sp³-hybridized carbons (Fsp3) is 0.846. The SMILES string of the molecule is NC(=O)C1C(O)C(=O)N(C2CCCCC2)C1C1OC1N. The van der Waals surface area contributed by atoms with E-state index in [2.05, 4.69) is 0 Å². The summed E-state index contributed by atoms with van der Waals surface area (Å²) in [7, 11) is 0. The van der Waals surface area contributed by atoms with Gasteiger partial charge in [0.25, 0.3) is 5.91 Å². The second-order valence-electron chi connectivity index (χ2n) is 5.97. The first-order valence-electron chi connectivity index (χ1n) is 7.23. The molecule has 5 unspecified atom stereocenters. The van der Waals surface area contributed by atoms with Crippen LogP contribution in [-0.2, 0) is 14.3 Å². The van der Waals surface area contributed by atoms with E-state index in [0.29, 0.717) is 0 Å². The van der Waals surface area contributed by atoms with E-state index in [4.69, 9.17) is 16.2 Å². The molecule has 112 valence electrons. The summed E-state index contributed by atoms with van der Waals surface area (Å²) in [4.78, 5) is 25.6. The highest BCUT2D eigenvalue weighted by atomic mass is 16.6. The van der Waals surface area contributed by atoms with Crippen LogP contribution in [0.15, 0.2) is 0 Å². The molecule has 2 amide bonds. The molecule has 0 aromatic heterocycles. The number of carbonyl (C=O) groups is 2. The van der Waals surface area contributed by atoms with Crippen LogP contribution >= 0.6 is 0 Å². The predicted octanol–water partition coefficient (Wildman–Crippen LogP) is -1.32. The zero-order chi connectivity index (χ0) is 14.4. The van der Waals surface area contributed by atoms with Crippen molar-refractivity contribution in [2.45, 2.75) is 62.6 Å². The van der Waals surface area contributed by atoms with Crippen molar-refractivity contribution in [1.82, 2.24) is 4.90 Å². The maximum Gasteiger partial charge on any atom is 0.252 e. The Morgan fingerprint density at radius 1 is 1.30 bits per heavy atom. The van der Waals surface area contributed by atoms with E-state index >= 15 is 0 Å². The van der Waals surface area contributed by atoms with Crippen molar-refractivity contribution in [2.75, 3.05) is 0 Å². The molecule has 0 aromatic rings. The Morgan fingerprint density at radius 3 is 2.40 bits per heavy atom. The molecule has 0 aromatic carbocycles. The van der Waals surface area contributed by atoms with E-state index in [-0.39, 0.29) is 6.04 Å². The van der Waals surface area contributed by atoms with E-state index < -0.39 is 42.2 Å². The Hall–Kier alpha value is -1.18. The molecule has 5 N–H and O–H groups in total. The number of carbonyl (C=O) groups excluding carboxylic acids is 2. The van der Waals surface area contributed by atoms with Gasteiger partial charge < -0.3 is 26.2 Å². The molecule has 1 aliphatic carbocycles. The van der Waals surface area contributed by atoms with E-state index in [9.17, 15) is 14.7 Å². The maximum absolute atomic E-state index is 12.3. The molecule has 2 aliphatic heterocycles. The maximum atomic E-state index is 12.3. The van der Waals surface area contributed by atoms with Crippen molar-refractivity contribution < 1.29 is 19.4 Å². The molecule has 0 bridgehead atoms. The van der Waals surface area contributed by atoms with Crippen molar-refractivity contribution in [2.24, 2.45) is 17.4 Å². The number of nitrogens with two attached hydrogens (primary N) is 2. The van der Waals surface area contributed by atoms with Crippen molar-refractivity contribution >= 4 is 11.8 Å². The van der Waals surface area contributed by atoms with Crippen LogP contribution in [0.25, 0.3) is 0 Å². The molecule has 0 radical (unpaired) electrons. The Morgan fingerprint density at radius 2 is 1.90 bits per heavy atom. The number of aliphatic hydroxyl groups is 1. The second kappa shape index (κ2) is 4.98. The highest BCUT2D eigenvalue weighted by molar-refractivity contribution is 5.93. The fourth-order valence-electron chi connectivity index (χ4n) is 3.69. The van der Waals surface area contributed by atoms with Gasteiger partial charge in [-0.25, -0.2) is 0 Å². The number of hydrogen-bond acceptors (Lipinski definition) is 5. The van der Waals surface area contributed by atoms with Crippen molar-refractivity contribution in [3.63, 3.8) is 0 Å². The number of epoxide rings is 1. The van der Waals surface area contributed by atoms with Gasteiger partial charge in [-0.1, -0.05) is 19.3 Å². The summed E-state index contributed by atoms with van der Waals surface area (Å²) in [6, 6.07) is -0.468. The fourth-order valence-corrected chi connectivity index (χ4v) is 3.69.